The molecule has 2 aromatic carbocycles. The van der Waals surface area contributed by atoms with E-state index < -0.39 is 22.8 Å². The molecule has 8 heteroatoms. The van der Waals surface area contributed by atoms with E-state index in [0.717, 1.165) is 6.07 Å². The molecule has 0 bridgehead atoms. The summed E-state index contributed by atoms with van der Waals surface area (Å²) in [5, 5.41) is 13.2. The fourth-order valence-corrected chi connectivity index (χ4v) is 1.95. The Kier molecular flexibility index (Phi) is 5.13. The van der Waals surface area contributed by atoms with Crippen LogP contribution in [0.1, 0.15) is 6.92 Å². The molecule has 1 N–H and O–H groups in total. The summed E-state index contributed by atoms with van der Waals surface area (Å²) in [4.78, 5) is 22.4. The van der Waals surface area contributed by atoms with Crippen molar-refractivity contribution in [2.75, 3.05) is 5.32 Å². The van der Waals surface area contributed by atoms with Gasteiger partial charge in [-0.25, -0.2) is 4.39 Å². The molecule has 2 rings (SSSR count). The molecular weight excluding hydrogens is 327 g/mol. The summed E-state index contributed by atoms with van der Waals surface area (Å²) in [6, 6.07) is 9.44. The van der Waals surface area contributed by atoms with E-state index in [1.807, 2.05) is 0 Å². The Hall–Kier alpha value is -2.67. The fourth-order valence-electron chi connectivity index (χ4n) is 1.78. The molecule has 0 spiro atoms. The lowest BCUT2D eigenvalue weighted by Gasteiger charge is -2.15. The Morgan fingerprint density at radius 3 is 2.70 bits per heavy atom. The number of nitrogens with one attached hydrogen (secondary N) is 1. The van der Waals surface area contributed by atoms with Crippen LogP contribution in [0.25, 0.3) is 0 Å². The number of ether oxygens (including phenoxy) is 1. The van der Waals surface area contributed by atoms with Crippen LogP contribution in [0.3, 0.4) is 0 Å². The number of carbonyl (C=O) groups is 1. The molecule has 0 unspecified atom stereocenters. The van der Waals surface area contributed by atoms with Crippen molar-refractivity contribution in [3.8, 4) is 5.75 Å². The molecule has 0 aliphatic carbocycles. The number of carbonyl (C=O) groups excluding carboxylic acids is 1. The Labute approximate surface area is 136 Å². The summed E-state index contributed by atoms with van der Waals surface area (Å²) >= 11 is 5.63. The van der Waals surface area contributed by atoms with Crippen LogP contribution < -0.4 is 10.1 Å². The topological polar surface area (TPSA) is 81.5 Å². The predicted octanol–water partition coefficient (Wildman–Crippen LogP) is 3.79. The van der Waals surface area contributed by atoms with Crippen molar-refractivity contribution in [3.63, 3.8) is 0 Å². The van der Waals surface area contributed by atoms with Gasteiger partial charge in [-0.05, 0) is 25.1 Å². The molecule has 2 aromatic rings. The number of hydrogen-bond acceptors (Lipinski definition) is 4. The van der Waals surface area contributed by atoms with Crippen molar-refractivity contribution in [1.82, 2.24) is 0 Å². The Morgan fingerprint density at radius 2 is 2.04 bits per heavy atom. The van der Waals surface area contributed by atoms with E-state index in [-0.39, 0.29) is 22.1 Å². The van der Waals surface area contributed by atoms with Gasteiger partial charge in [-0.1, -0.05) is 23.7 Å². The smallest absolute Gasteiger partial charge is 0.292 e. The number of amides is 1. The summed E-state index contributed by atoms with van der Waals surface area (Å²) in [5.74, 6) is -0.975. The van der Waals surface area contributed by atoms with Crippen molar-refractivity contribution in [2.24, 2.45) is 0 Å². The Bertz CT molecular complexity index is 754. The molecule has 120 valence electrons. The largest absolute Gasteiger partial charge is 0.481 e. The second-order valence-corrected chi connectivity index (χ2v) is 5.01. The Balaban J connectivity index is 2.08. The SMILES string of the molecule is C[C@H](Oc1ccc(F)c(Cl)c1)C(=O)Nc1ccccc1[N+](=O)[O-]. The summed E-state index contributed by atoms with van der Waals surface area (Å²) < 4.78 is 18.4. The number of halogens is 2. The number of hydrogen-bond donors (Lipinski definition) is 1. The van der Waals surface area contributed by atoms with Crippen molar-refractivity contribution < 1.29 is 18.8 Å². The summed E-state index contributed by atoms with van der Waals surface area (Å²) in [6.45, 7) is 1.46. The quantitative estimate of drug-likeness (QED) is 0.664. The third kappa shape index (κ3) is 4.17. The molecule has 0 fully saturated rings. The molecule has 1 atom stereocenters. The lowest BCUT2D eigenvalue weighted by Crippen LogP contribution is -2.30. The number of rotatable bonds is 5. The molecule has 0 saturated heterocycles. The molecule has 1 amide bonds. The lowest BCUT2D eigenvalue weighted by atomic mass is 10.2. The maximum atomic E-state index is 13.1. The lowest BCUT2D eigenvalue weighted by molar-refractivity contribution is -0.383. The second kappa shape index (κ2) is 7.06. The molecular formula is C15H12ClFN2O4. The first-order chi connectivity index (χ1) is 10.9. The highest BCUT2D eigenvalue weighted by Crippen LogP contribution is 2.25. The van der Waals surface area contributed by atoms with Crippen LogP contribution in [0, 0.1) is 15.9 Å². The maximum absolute atomic E-state index is 13.1. The second-order valence-electron chi connectivity index (χ2n) is 4.60. The van der Waals surface area contributed by atoms with Gasteiger partial charge in [0.15, 0.2) is 6.10 Å². The summed E-state index contributed by atoms with van der Waals surface area (Å²) in [5.41, 5.74) is -0.159. The highest BCUT2D eigenvalue weighted by molar-refractivity contribution is 6.30. The van der Waals surface area contributed by atoms with Gasteiger partial charge in [0.1, 0.15) is 17.3 Å². The zero-order chi connectivity index (χ0) is 17.0. The van der Waals surface area contributed by atoms with Crippen molar-refractivity contribution in [3.05, 3.63) is 63.4 Å². The average molecular weight is 339 g/mol. The molecule has 6 nitrogen and oxygen atoms in total. The van der Waals surface area contributed by atoms with Gasteiger partial charge in [-0.2, -0.15) is 0 Å². The number of nitro groups is 1. The Morgan fingerprint density at radius 1 is 1.35 bits per heavy atom. The van der Waals surface area contributed by atoms with Gasteiger partial charge in [0.2, 0.25) is 0 Å². The molecule has 0 aliphatic heterocycles. The fraction of sp³-hybridized carbons (Fsp3) is 0.133. The van der Waals surface area contributed by atoms with Crippen molar-refractivity contribution in [2.45, 2.75) is 13.0 Å². The predicted molar refractivity (Wildman–Crippen MR) is 83.2 cm³/mol. The van der Waals surface area contributed by atoms with Gasteiger partial charge in [0, 0.05) is 12.1 Å². The van der Waals surface area contributed by atoms with E-state index >= 15 is 0 Å². The average Bonchev–Trinajstić information content (AvgIpc) is 2.51. The first-order valence-corrected chi connectivity index (χ1v) is 6.92. The highest BCUT2D eigenvalue weighted by atomic mass is 35.5. The van der Waals surface area contributed by atoms with E-state index in [1.54, 1.807) is 6.07 Å². The maximum Gasteiger partial charge on any atom is 0.292 e. The standard InChI is InChI=1S/C15H12ClFN2O4/c1-9(23-10-6-7-12(17)11(16)8-10)15(20)18-13-4-2-3-5-14(13)19(21)22/h2-9H,1H3,(H,18,20)/t9-/m0/s1. The van der Waals surface area contributed by atoms with Gasteiger partial charge >= 0.3 is 0 Å². The van der Waals surface area contributed by atoms with E-state index in [2.05, 4.69) is 5.32 Å². The van der Waals surface area contributed by atoms with Crippen molar-refractivity contribution >= 4 is 28.9 Å². The van der Waals surface area contributed by atoms with E-state index in [1.165, 1.54) is 37.3 Å². The van der Waals surface area contributed by atoms with Crippen LogP contribution in [-0.2, 0) is 4.79 Å². The van der Waals surface area contributed by atoms with Gasteiger partial charge in [-0.15, -0.1) is 0 Å². The van der Waals surface area contributed by atoms with Crippen LogP contribution in [0.2, 0.25) is 5.02 Å². The molecule has 0 heterocycles. The third-order valence-electron chi connectivity index (χ3n) is 2.93. The molecule has 0 aromatic heterocycles. The highest BCUT2D eigenvalue weighted by Gasteiger charge is 2.20. The minimum atomic E-state index is -0.962. The van der Waals surface area contributed by atoms with Crippen LogP contribution in [0.4, 0.5) is 15.8 Å². The van der Waals surface area contributed by atoms with E-state index in [4.69, 9.17) is 16.3 Å². The van der Waals surface area contributed by atoms with Crippen LogP contribution in [0.5, 0.6) is 5.75 Å². The zero-order valence-electron chi connectivity index (χ0n) is 12.0. The van der Waals surface area contributed by atoms with Crippen LogP contribution in [0.15, 0.2) is 42.5 Å². The van der Waals surface area contributed by atoms with Gasteiger partial charge in [0.25, 0.3) is 11.6 Å². The van der Waals surface area contributed by atoms with E-state index in [9.17, 15) is 19.3 Å². The number of para-hydroxylation sites is 2. The molecule has 0 aliphatic rings. The van der Waals surface area contributed by atoms with Crippen LogP contribution >= 0.6 is 11.6 Å². The van der Waals surface area contributed by atoms with Gasteiger partial charge in [0.05, 0.1) is 9.95 Å². The monoisotopic (exact) mass is 338 g/mol. The summed E-state index contributed by atoms with van der Waals surface area (Å²) in [7, 11) is 0. The third-order valence-corrected chi connectivity index (χ3v) is 3.22. The van der Waals surface area contributed by atoms with E-state index in [0.29, 0.717) is 0 Å². The normalized spacial score (nSPS) is 11.6. The first kappa shape index (κ1) is 16.7. The van der Waals surface area contributed by atoms with Crippen molar-refractivity contribution in [1.29, 1.82) is 0 Å². The first-order valence-electron chi connectivity index (χ1n) is 6.54. The minimum absolute atomic E-state index is 0.0649. The van der Waals surface area contributed by atoms with Gasteiger partial charge in [-0.3, -0.25) is 14.9 Å². The molecule has 23 heavy (non-hydrogen) atoms. The zero-order valence-corrected chi connectivity index (χ0v) is 12.7. The number of nitrogens with zero attached hydrogens (tertiary/aromatic N) is 1. The molecule has 0 saturated carbocycles. The molecule has 0 radical (unpaired) electrons. The van der Waals surface area contributed by atoms with Crippen LogP contribution in [-0.4, -0.2) is 16.9 Å². The number of benzene rings is 2. The number of nitro benzene ring substituents is 1. The number of anilines is 1. The minimum Gasteiger partial charge on any atom is -0.481 e. The van der Waals surface area contributed by atoms with Gasteiger partial charge < -0.3 is 10.1 Å². The summed E-state index contributed by atoms with van der Waals surface area (Å²) in [6.07, 6.45) is -0.962.